The number of nitrogens with one attached hydrogen (secondary N) is 1. The zero-order chi connectivity index (χ0) is 13.9. The summed E-state index contributed by atoms with van der Waals surface area (Å²) < 4.78 is 16.0. The van der Waals surface area contributed by atoms with E-state index in [4.69, 9.17) is 0 Å². The summed E-state index contributed by atoms with van der Waals surface area (Å²) in [5.74, 6) is 0.636. The maximum atomic E-state index is 12.8. The first-order chi connectivity index (χ1) is 9.74. The Hall–Kier alpha value is -2.11. The molecular formula is C14H17FN4O. The molecule has 0 saturated carbocycles. The summed E-state index contributed by atoms with van der Waals surface area (Å²) in [5.41, 5.74) is 0.809. The SMILES string of the molecule is O=c1n(CCNc2ccc(F)cc2)nc2n1CCCC2. The van der Waals surface area contributed by atoms with Gasteiger partial charge in [-0.3, -0.25) is 4.57 Å². The van der Waals surface area contributed by atoms with Crippen LogP contribution in [0.5, 0.6) is 0 Å². The van der Waals surface area contributed by atoms with Crippen LogP contribution in [0.25, 0.3) is 0 Å². The number of hydrogen-bond acceptors (Lipinski definition) is 3. The number of nitrogens with zero attached hydrogens (tertiary/aromatic N) is 3. The zero-order valence-electron chi connectivity index (χ0n) is 11.2. The average molecular weight is 276 g/mol. The van der Waals surface area contributed by atoms with E-state index in [1.165, 1.54) is 16.8 Å². The summed E-state index contributed by atoms with van der Waals surface area (Å²) in [6.45, 7) is 1.87. The topological polar surface area (TPSA) is 51.9 Å². The molecule has 1 aromatic heterocycles. The first kappa shape index (κ1) is 12.9. The lowest BCUT2D eigenvalue weighted by molar-refractivity contribution is 0.511. The van der Waals surface area contributed by atoms with E-state index in [9.17, 15) is 9.18 Å². The van der Waals surface area contributed by atoms with Crippen LogP contribution in [0.4, 0.5) is 10.1 Å². The van der Waals surface area contributed by atoms with E-state index in [1.54, 1.807) is 16.7 Å². The Bertz CT molecular complexity index is 644. The molecule has 0 bridgehead atoms. The van der Waals surface area contributed by atoms with Gasteiger partial charge in [-0.2, -0.15) is 5.10 Å². The Labute approximate surface area is 116 Å². The van der Waals surface area contributed by atoms with Crippen molar-refractivity contribution >= 4 is 5.69 Å². The molecule has 3 rings (SSSR count). The van der Waals surface area contributed by atoms with Crippen LogP contribution in [-0.2, 0) is 19.5 Å². The lowest BCUT2D eigenvalue weighted by atomic mass is 10.2. The largest absolute Gasteiger partial charge is 0.383 e. The van der Waals surface area contributed by atoms with Crippen LogP contribution in [0.1, 0.15) is 18.7 Å². The second kappa shape index (κ2) is 5.48. The molecule has 0 saturated heterocycles. The summed E-state index contributed by atoms with van der Waals surface area (Å²) in [6, 6.07) is 6.17. The second-order valence-corrected chi connectivity index (χ2v) is 4.96. The average Bonchev–Trinajstić information content (AvgIpc) is 2.78. The third kappa shape index (κ3) is 2.59. The number of benzene rings is 1. The second-order valence-electron chi connectivity index (χ2n) is 4.96. The number of fused-ring (bicyclic) bond motifs is 1. The fraction of sp³-hybridized carbons (Fsp3) is 0.429. The van der Waals surface area contributed by atoms with E-state index >= 15 is 0 Å². The van der Waals surface area contributed by atoms with Gasteiger partial charge in [-0.05, 0) is 37.1 Å². The fourth-order valence-electron chi connectivity index (χ4n) is 2.47. The van der Waals surface area contributed by atoms with Crippen molar-refractivity contribution in [1.82, 2.24) is 14.3 Å². The van der Waals surface area contributed by atoms with Crippen molar-refractivity contribution in [2.24, 2.45) is 0 Å². The minimum atomic E-state index is -0.256. The predicted octanol–water partition coefficient (Wildman–Crippen LogP) is 1.63. The summed E-state index contributed by atoms with van der Waals surface area (Å²) in [7, 11) is 0. The van der Waals surface area contributed by atoms with E-state index in [-0.39, 0.29) is 11.5 Å². The number of aryl methyl sites for hydroxylation is 1. The van der Waals surface area contributed by atoms with E-state index in [1.807, 2.05) is 0 Å². The molecule has 0 radical (unpaired) electrons. The molecule has 5 nitrogen and oxygen atoms in total. The molecule has 1 N–H and O–H groups in total. The summed E-state index contributed by atoms with van der Waals surface area (Å²) in [4.78, 5) is 12.1. The highest BCUT2D eigenvalue weighted by Crippen LogP contribution is 2.10. The normalized spacial score (nSPS) is 14.1. The highest BCUT2D eigenvalue weighted by atomic mass is 19.1. The Balaban J connectivity index is 1.63. The maximum absolute atomic E-state index is 12.8. The van der Waals surface area contributed by atoms with Crippen LogP contribution in [0.15, 0.2) is 29.1 Å². The quantitative estimate of drug-likeness (QED) is 0.923. The first-order valence-corrected chi connectivity index (χ1v) is 6.90. The van der Waals surface area contributed by atoms with Gasteiger partial charge < -0.3 is 5.32 Å². The van der Waals surface area contributed by atoms with Gasteiger partial charge in [0.1, 0.15) is 11.6 Å². The third-order valence-corrected chi connectivity index (χ3v) is 3.53. The van der Waals surface area contributed by atoms with Gasteiger partial charge in [-0.15, -0.1) is 0 Å². The molecule has 2 heterocycles. The lowest BCUT2D eigenvalue weighted by Gasteiger charge is -2.09. The minimum Gasteiger partial charge on any atom is -0.383 e. The van der Waals surface area contributed by atoms with Crippen molar-refractivity contribution in [2.45, 2.75) is 32.4 Å². The van der Waals surface area contributed by atoms with Gasteiger partial charge in [0.15, 0.2) is 0 Å². The Morgan fingerprint density at radius 1 is 1.25 bits per heavy atom. The van der Waals surface area contributed by atoms with E-state index in [2.05, 4.69) is 10.4 Å². The van der Waals surface area contributed by atoms with Crippen molar-refractivity contribution in [3.05, 3.63) is 46.4 Å². The van der Waals surface area contributed by atoms with Crippen LogP contribution in [-0.4, -0.2) is 20.9 Å². The molecular weight excluding hydrogens is 259 g/mol. The predicted molar refractivity (Wildman–Crippen MR) is 74.3 cm³/mol. The Morgan fingerprint density at radius 2 is 2.05 bits per heavy atom. The van der Waals surface area contributed by atoms with Gasteiger partial charge >= 0.3 is 5.69 Å². The van der Waals surface area contributed by atoms with Gasteiger partial charge in [0.2, 0.25) is 0 Å². The number of halogens is 1. The summed E-state index contributed by atoms with van der Waals surface area (Å²) >= 11 is 0. The Morgan fingerprint density at radius 3 is 2.80 bits per heavy atom. The van der Waals surface area contributed by atoms with Gasteiger partial charge in [0.05, 0.1) is 6.54 Å². The lowest BCUT2D eigenvalue weighted by Crippen LogP contribution is -2.28. The van der Waals surface area contributed by atoms with Crippen LogP contribution >= 0.6 is 0 Å². The number of rotatable bonds is 4. The molecule has 1 aliphatic heterocycles. The molecule has 0 spiro atoms. The van der Waals surface area contributed by atoms with Crippen molar-refractivity contribution in [1.29, 1.82) is 0 Å². The molecule has 0 fully saturated rings. The molecule has 106 valence electrons. The van der Waals surface area contributed by atoms with Gasteiger partial charge in [-0.25, -0.2) is 13.9 Å². The van der Waals surface area contributed by atoms with Crippen molar-refractivity contribution in [3.8, 4) is 0 Å². The van der Waals surface area contributed by atoms with Crippen molar-refractivity contribution < 1.29 is 4.39 Å². The van der Waals surface area contributed by atoms with Crippen LogP contribution in [0.3, 0.4) is 0 Å². The minimum absolute atomic E-state index is 0.0272. The van der Waals surface area contributed by atoms with Crippen LogP contribution < -0.4 is 11.0 Å². The van der Waals surface area contributed by atoms with Crippen molar-refractivity contribution in [3.63, 3.8) is 0 Å². The highest BCUT2D eigenvalue weighted by molar-refractivity contribution is 5.42. The monoisotopic (exact) mass is 276 g/mol. The summed E-state index contributed by atoms with van der Waals surface area (Å²) in [6.07, 6.45) is 3.03. The van der Waals surface area contributed by atoms with Gasteiger partial charge in [0.25, 0.3) is 0 Å². The van der Waals surface area contributed by atoms with Crippen LogP contribution in [0.2, 0.25) is 0 Å². The molecule has 6 heteroatoms. The molecule has 0 aliphatic carbocycles. The molecule has 20 heavy (non-hydrogen) atoms. The smallest absolute Gasteiger partial charge is 0.345 e. The third-order valence-electron chi connectivity index (χ3n) is 3.53. The zero-order valence-corrected chi connectivity index (χ0v) is 11.2. The van der Waals surface area contributed by atoms with E-state index in [0.29, 0.717) is 13.1 Å². The summed E-state index contributed by atoms with van der Waals surface area (Å²) in [5, 5.41) is 7.52. The molecule has 0 amide bonds. The van der Waals surface area contributed by atoms with E-state index < -0.39 is 0 Å². The number of aromatic nitrogens is 3. The molecule has 1 aromatic carbocycles. The molecule has 0 atom stereocenters. The number of anilines is 1. The number of hydrogen-bond donors (Lipinski definition) is 1. The van der Waals surface area contributed by atoms with Gasteiger partial charge in [-0.1, -0.05) is 0 Å². The van der Waals surface area contributed by atoms with Crippen LogP contribution in [0, 0.1) is 5.82 Å². The molecule has 2 aromatic rings. The van der Waals surface area contributed by atoms with E-state index in [0.717, 1.165) is 37.3 Å². The highest BCUT2D eigenvalue weighted by Gasteiger charge is 2.15. The van der Waals surface area contributed by atoms with Crippen molar-refractivity contribution in [2.75, 3.05) is 11.9 Å². The Kier molecular flexibility index (Phi) is 3.54. The molecule has 1 aliphatic rings. The maximum Gasteiger partial charge on any atom is 0.345 e. The first-order valence-electron chi connectivity index (χ1n) is 6.90. The standard InChI is InChI=1S/C14H17FN4O/c15-11-4-6-12(7-5-11)16-8-10-19-14(20)18-9-2-1-3-13(18)17-19/h4-7,16H,1-3,8-10H2. The molecule has 0 unspecified atom stereocenters. The van der Waals surface area contributed by atoms with Gasteiger partial charge in [0, 0.05) is 25.2 Å². The fourth-order valence-corrected chi connectivity index (χ4v) is 2.47.